The summed E-state index contributed by atoms with van der Waals surface area (Å²) in [6.07, 6.45) is 0.767. The van der Waals surface area contributed by atoms with Crippen LogP contribution in [-0.4, -0.2) is 43.2 Å². The van der Waals surface area contributed by atoms with E-state index in [1.807, 2.05) is 13.8 Å². The number of nitrogens with one attached hydrogen (secondary N) is 2. The van der Waals surface area contributed by atoms with Crippen LogP contribution in [0.3, 0.4) is 0 Å². The third-order valence-electron chi connectivity index (χ3n) is 2.49. The minimum Gasteiger partial charge on any atom is -0.480 e. The summed E-state index contributed by atoms with van der Waals surface area (Å²) >= 11 is 0. The lowest BCUT2D eigenvalue weighted by molar-refractivity contribution is -0.136. The summed E-state index contributed by atoms with van der Waals surface area (Å²) in [5, 5.41) is 9.72. The number of carbonyl (C=O) groups excluding carboxylic acids is 1. The number of hydrogen-bond donors (Lipinski definition) is 3. The van der Waals surface area contributed by atoms with Crippen LogP contribution in [0.1, 0.15) is 33.6 Å². The van der Waals surface area contributed by atoms with Crippen molar-refractivity contribution >= 4 is 21.9 Å². The fraction of sp³-hybridized carbons (Fsp3) is 0.800. The zero-order valence-corrected chi connectivity index (χ0v) is 11.6. The lowest BCUT2D eigenvalue weighted by Gasteiger charge is -2.12. The Morgan fingerprint density at radius 2 is 1.83 bits per heavy atom. The Morgan fingerprint density at radius 3 is 2.28 bits per heavy atom. The molecule has 0 spiro atoms. The molecule has 0 radical (unpaired) electrons. The first kappa shape index (κ1) is 16.9. The average Bonchev–Trinajstić information content (AvgIpc) is 2.27. The van der Waals surface area contributed by atoms with Crippen molar-refractivity contribution in [3.63, 3.8) is 0 Å². The van der Waals surface area contributed by atoms with Crippen molar-refractivity contribution < 1.29 is 23.1 Å². The normalized spacial score (nSPS) is 14.8. The zero-order chi connectivity index (χ0) is 14.3. The monoisotopic (exact) mass is 280 g/mol. The number of carbonyl (C=O) groups is 2. The number of carboxylic acid groups (broad SMARTS) is 1. The molecule has 0 saturated carbocycles. The number of rotatable bonds is 8. The van der Waals surface area contributed by atoms with Crippen molar-refractivity contribution in [2.45, 2.75) is 44.9 Å². The number of aliphatic carboxylic acids is 1. The highest BCUT2D eigenvalue weighted by atomic mass is 32.2. The van der Waals surface area contributed by atoms with Crippen LogP contribution in [0.5, 0.6) is 0 Å². The number of amides is 1. The molecule has 0 aliphatic carbocycles. The first-order valence-electron chi connectivity index (χ1n) is 5.71. The number of carboxylic acids is 1. The van der Waals surface area contributed by atoms with Crippen LogP contribution >= 0.6 is 0 Å². The van der Waals surface area contributed by atoms with E-state index in [0.29, 0.717) is 0 Å². The molecule has 106 valence electrons. The van der Waals surface area contributed by atoms with Gasteiger partial charge in [0.25, 0.3) is 0 Å². The standard InChI is InChI=1S/C10H20N2O5S/c1-4-7(2)12-9(13)5-6-11-18(16,17)8(3)10(14)15/h7-8,11H,4-6H2,1-3H3,(H,12,13)(H,14,15). The van der Waals surface area contributed by atoms with Crippen LogP contribution in [0, 0.1) is 0 Å². The third-order valence-corrected chi connectivity index (χ3v) is 4.23. The lowest BCUT2D eigenvalue weighted by Crippen LogP contribution is -2.40. The topological polar surface area (TPSA) is 113 Å². The van der Waals surface area contributed by atoms with E-state index in [1.54, 1.807) is 0 Å². The summed E-state index contributed by atoms with van der Waals surface area (Å²) in [6.45, 7) is 4.73. The molecular weight excluding hydrogens is 260 g/mol. The van der Waals surface area contributed by atoms with E-state index >= 15 is 0 Å². The molecule has 0 rings (SSSR count). The van der Waals surface area contributed by atoms with Crippen LogP contribution in [0.4, 0.5) is 0 Å². The van der Waals surface area contributed by atoms with Crippen LogP contribution in [0.25, 0.3) is 0 Å². The molecular formula is C10H20N2O5S. The van der Waals surface area contributed by atoms with Crippen LogP contribution in [0.15, 0.2) is 0 Å². The molecule has 0 aromatic carbocycles. The average molecular weight is 280 g/mol. The minimum atomic E-state index is -3.92. The molecule has 0 aromatic heterocycles. The van der Waals surface area contributed by atoms with Crippen molar-refractivity contribution in [1.29, 1.82) is 0 Å². The maximum Gasteiger partial charge on any atom is 0.323 e. The van der Waals surface area contributed by atoms with Gasteiger partial charge in [-0.3, -0.25) is 9.59 Å². The van der Waals surface area contributed by atoms with Gasteiger partial charge in [-0.15, -0.1) is 0 Å². The number of sulfonamides is 1. The van der Waals surface area contributed by atoms with Crippen LogP contribution in [0.2, 0.25) is 0 Å². The van der Waals surface area contributed by atoms with Crippen molar-refractivity contribution in [1.82, 2.24) is 10.0 Å². The Balaban J connectivity index is 4.12. The van der Waals surface area contributed by atoms with Gasteiger partial charge in [-0.25, -0.2) is 13.1 Å². The second-order valence-electron chi connectivity index (χ2n) is 4.05. The lowest BCUT2D eigenvalue weighted by atomic mass is 10.2. The number of hydrogen-bond acceptors (Lipinski definition) is 4. The minimum absolute atomic E-state index is 0.0179. The van der Waals surface area contributed by atoms with Gasteiger partial charge < -0.3 is 10.4 Å². The molecule has 0 saturated heterocycles. The van der Waals surface area contributed by atoms with Gasteiger partial charge in [-0.2, -0.15) is 0 Å². The van der Waals surface area contributed by atoms with E-state index in [1.165, 1.54) is 0 Å². The predicted molar refractivity (Wildman–Crippen MR) is 66.5 cm³/mol. The summed E-state index contributed by atoms with van der Waals surface area (Å²) in [5.41, 5.74) is 0. The van der Waals surface area contributed by atoms with Crippen molar-refractivity contribution in [2.24, 2.45) is 0 Å². The molecule has 1 amide bonds. The van der Waals surface area contributed by atoms with Gasteiger partial charge in [-0.05, 0) is 20.3 Å². The Morgan fingerprint density at radius 1 is 1.28 bits per heavy atom. The molecule has 7 nitrogen and oxygen atoms in total. The summed E-state index contributed by atoms with van der Waals surface area (Å²) in [6, 6.07) is 0.0343. The van der Waals surface area contributed by atoms with E-state index in [9.17, 15) is 18.0 Å². The smallest absolute Gasteiger partial charge is 0.323 e. The summed E-state index contributed by atoms with van der Waals surface area (Å²) in [5.74, 6) is -1.69. The van der Waals surface area contributed by atoms with Gasteiger partial charge in [-0.1, -0.05) is 6.92 Å². The van der Waals surface area contributed by atoms with E-state index < -0.39 is 21.2 Å². The van der Waals surface area contributed by atoms with Crippen molar-refractivity contribution in [3.05, 3.63) is 0 Å². The Bertz CT molecular complexity index is 393. The van der Waals surface area contributed by atoms with Crippen LogP contribution < -0.4 is 10.0 Å². The van der Waals surface area contributed by atoms with Crippen molar-refractivity contribution in [2.75, 3.05) is 6.54 Å². The molecule has 2 unspecified atom stereocenters. The second kappa shape index (κ2) is 7.32. The molecule has 8 heteroatoms. The quantitative estimate of drug-likeness (QED) is 0.564. The highest BCUT2D eigenvalue weighted by Gasteiger charge is 2.27. The fourth-order valence-corrected chi connectivity index (χ4v) is 1.92. The Hall–Kier alpha value is -1.15. The third kappa shape index (κ3) is 5.97. The first-order chi connectivity index (χ1) is 8.20. The summed E-state index contributed by atoms with van der Waals surface area (Å²) in [7, 11) is -3.92. The van der Waals surface area contributed by atoms with E-state index in [4.69, 9.17) is 5.11 Å². The van der Waals surface area contributed by atoms with Crippen LogP contribution in [-0.2, 0) is 19.6 Å². The van der Waals surface area contributed by atoms with Gasteiger partial charge in [0.1, 0.15) is 0 Å². The molecule has 0 heterocycles. The van der Waals surface area contributed by atoms with Gasteiger partial charge in [0.05, 0.1) is 0 Å². The van der Waals surface area contributed by atoms with Crippen molar-refractivity contribution in [3.8, 4) is 0 Å². The van der Waals surface area contributed by atoms with Gasteiger partial charge in [0.2, 0.25) is 15.9 Å². The maximum absolute atomic E-state index is 11.4. The van der Waals surface area contributed by atoms with Gasteiger partial charge in [0, 0.05) is 19.0 Å². The zero-order valence-electron chi connectivity index (χ0n) is 10.8. The second-order valence-corrected chi connectivity index (χ2v) is 6.13. The molecule has 2 atom stereocenters. The fourth-order valence-electron chi connectivity index (χ4n) is 1.01. The Labute approximate surface area is 107 Å². The molecule has 0 aliphatic rings. The summed E-state index contributed by atoms with van der Waals surface area (Å²) < 4.78 is 24.9. The van der Waals surface area contributed by atoms with E-state index in [-0.39, 0.29) is 24.9 Å². The maximum atomic E-state index is 11.4. The van der Waals surface area contributed by atoms with Gasteiger partial charge in [0.15, 0.2) is 5.25 Å². The molecule has 18 heavy (non-hydrogen) atoms. The summed E-state index contributed by atoms with van der Waals surface area (Å²) in [4.78, 5) is 21.9. The first-order valence-corrected chi connectivity index (χ1v) is 7.26. The predicted octanol–water partition coefficient (Wildman–Crippen LogP) is -0.316. The van der Waals surface area contributed by atoms with E-state index in [2.05, 4.69) is 10.0 Å². The molecule has 0 aromatic rings. The molecule has 3 N–H and O–H groups in total. The molecule has 0 bridgehead atoms. The SMILES string of the molecule is CCC(C)NC(=O)CCNS(=O)(=O)C(C)C(=O)O. The largest absolute Gasteiger partial charge is 0.480 e. The highest BCUT2D eigenvalue weighted by molar-refractivity contribution is 7.90. The van der Waals surface area contributed by atoms with Gasteiger partial charge >= 0.3 is 5.97 Å². The molecule has 0 fully saturated rings. The van der Waals surface area contributed by atoms with E-state index in [0.717, 1.165) is 13.3 Å². The molecule has 0 aliphatic heterocycles. The highest BCUT2D eigenvalue weighted by Crippen LogP contribution is 1.98. The Kier molecular flexibility index (Phi) is 6.85.